The van der Waals surface area contributed by atoms with Gasteiger partial charge in [-0.25, -0.2) is 9.38 Å². The van der Waals surface area contributed by atoms with Gasteiger partial charge < -0.3 is 20.4 Å². The molecule has 31 heavy (non-hydrogen) atoms. The Hall–Kier alpha value is -1.79. The van der Waals surface area contributed by atoms with E-state index in [0.29, 0.717) is 23.9 Å². The van der Waals surface area contributed by atoms with Gasteiger partial charge in [0.25, 0.3) is 0 Å². The molecule has 0 saturated carbocycles. The maximum absolute atomic E-state index is 13.4. The van der Waals surface area contributed by atoms with Crippen LogP contribution in [0.4, 0.5) is 23.2 Å². The number of nitrogens with zero attached hydrogens (tertiary/aromatic N) is 3. The Labute approximate surface area is 197 Å². The van der Waals surface area contributed by atoms with Crippen LogP contribution in [0, 0.1) is 12.7 Å². The summed E-state index contributed by atoms with van der Waals surface area (Å²) in [5.74, 6) is -0.602. The fourth-order valence-electron chi connectivity index (χ4n) is 3.43. The molecule has 1 aromatic carbocycles. The number of amides is 1. The second-order valence-corrected chi connectivity index (χ2v) is 7.42. The van der Waals surface area contributed by atoms with E-state index in [9.17, 15) is 22.4 Å². The van der Waals surface area contributed by atoms with Gasteiger partial charge in [0.2, 0.25) is 5.91 Å². The summed E-state index contributed by atoms with van der Waals surface area (Å²) in [7, 11) is 1.11. The van der Waals surface area contributed by atoms with Crippen molar-refractivity contribution in [1.82, 2.24) is 15.5 Å². The Morgan fingerprint density at radius 2 is 2.06 bits per heavy atom. The number of carbonyl (C=O) groups is 1. The van der Waals surface area contributed by atoms with Crippen LogP contribution in [0.15, 0.2) is 23.2 Å². The smallest absolute Gasteiger partial charge is 0.369 e. The summed E-state index contributed by atoms with van der Waals surface area (Å²) in [4.78, 5) is 18.9. The van der Waals surface area contributed by atoms with E-state index in [1.807, 2.05) is 13.8 Å². The number of alkyl halides is 3. The second-order valence-electron chi connectivity index (χ2n) is 7.42. The van der Waals surface area contributed by atoms with Crippen molar-refractivity contribution < 1.29 is 22.4 Å². The van der Waals surface area contributed by atoms with E-state index >= 15 is 0 Å². The van der Waals surface area contributed by atoms with Gasteiger partial charge in [-0.1, -0.05) is 0 Å². The lowest BCUT2D eigenvalue weighted by molar-refractivity contribution is -0.157. The molecule has 11 heteroatoms. The molecule has 0 spiro atoms. The van der Waals surface area contributed by atoms with Crippen molar-refractivity contribution in [2.75, 3.05) is 44.7 Å². The van der Waals surface area contributed by atoms with Crippen molar-refractivity contribution in [3.63, 3.8) is 0 Å². The van der Waals surface area contributed by atoms with Crippen LogP contribution in [-0.2, 0) is 4.79 Å². The molecule has 1 saturated heterocycles. The number of aliphatic imine (C=N–C) groups is 1. The van der Waals surface area contributed by atoms with Gasteiger partial charge in [0, 0.05) is 38.4 Å². The summed E-state index contributed by atoms with van der Waals surface area (Å²) in [5, 5.41) is 6.28. The molecule has 1 heterocycles. The third-order valence-corrected chi connectivity index (χ3v) is 4.82. The van der Waals surface area contributed by atoms with Crippen molar-refractivity contribution in [3.8, 4) is 0 Å². The van der Waals surface area contributed by atoms with Gasteiger partial charge >= 0.3 is 6.18 Å². The van der Waals surface area contributed by atoms with Crippen LogP contribution in [0.2, 0.25) is 0 Å². The average Bonchev–Trinajstić information content (AvgIpc) is 2.65. The third kappa shape index (κ3) is 9.08. The van der Waals surface area contributed by atoms with E-state index in [1.54, 1.807) is 6.07 Å². The predicted octanol–water partition coefficient (Wildman–Crippen LogP) is 3.30. The molecule has 2 rings (SSSR count). The molecule has 1 aromatic rings. The van der Waals surface area contributed by atoms with E-state index in [4.69, 9.17) is 0 Å². The monoisotopic (exact) mass is 559 g/mol. The maximum Gasteiger partial charge on any atom is 0.406 e. The summed E-state index contributed by atoms with van der Waals surface area (Å²) in [6.07, 6.45) is -2.65. The number of rotatable bonds is 6. The zero-order chi connectivity index (χ0) is 22.3. The van der Waals surface area contributed by atoms with Gasteiger partial charge in [-0.3, -0.25) is 4.79 Å². The molecule has 2 N–H and O–H groups in total. The number of likely N-dealkylation sites (N-methyl/N-ethyl adjacent to an activating group) is 1. The predicted molar refractivity (Wildman–Crippen MR) is 125 cm³/mol. The summed E-state index contributed by atoms with van der Waals surface area (Å²) >= 11 is 0. The first kappa shape index (κ1) is 27.2. The minimum Gasteiger partial charge on any atom is -0.369 e. The van der Waals surface area contributed by atoms with E-state index < -0.39 is 18.6 Å². The number of carbonyl (C=O) groups excluding carboxylic acids is 1. The normalized spacial score (nSPS) is 17.1. The quantitative estimate of drug-likeness (QED) is 0.243. The molecule has 1 aliphatic heterocycles. The Balaban J connectivity index is 0.00000480. The van der Waals surface area contributed by atoms with Gasteiger partial charge in [0.15, 0.2) is 5.96 Å². The van der Waals surface area contributed by atoms with Crippen molar-refractivity contribution in [1.29, 1.82) is 0 Å². The van der Waals surface area contributed by atoms with E-state index in [0.717, 1.165) is 37.7 Å². The van der Waals surface area contributed by atoms with Crippen LogP contribution < -0.4 is 15.5 Å². The number of nitrogens with one attached hydrogen (secondary N) is 2. The van der Waals surface area contributed by atoms with Crippen LogP contribution in [0.5, 0.6) is 0 Å². The molecule has 6 nitrogen and oxygen atoms in total. The standard InChI is InChI=1S/C20H29F4N5O.HI/c1-4-25-19(26-11-18(30)28(3)13-20(22,23)24)27-16-6-5-9-29(12-16)17-8-7-15(21)10-14(17)2;/h7-8,10,16H,4-6,9,11-13H2,1-3H3,(H2,25,26,27);1H. The highest BCUT2D eigenvalue weighted by Crippen LogP contribution is 2.24. The Morgan fingerprint density at radius 1 is 1.35 bits per heavy atom. The molecule has 0 aromatic heterocycles. The largest absolute Gasteiger partial charge is 0.406 e. The number of guanidine groups is 1. The number of aryl methyl sites for hydroxylation is 1. The molecular formula is C20H30F4IN5O. The van der Waals surface area contributed by atoms with Crippen molar-refractivity contribution >= 4 is 41.5 Å². The number of hydrogen-bond donors (Lipinski definition) is 2. The Kier molecular flexibility index (Phi) is 10.8. The molecule has 1 atom stereocenters. The van der Waals surface area contributed by atoms with E-state index in [2.05, 4.69) is 20.5 Å². The van der Waals surface area contributed by atoms with Crippen LogP contribution >= 0.6 is 24.0 Å². The second kappa shape index (κ2) is 12.3. The summed E-state index contributed by atoms with van der Waals surface area (Å²) < 4.78 is 50.7. The highest BCUT2D eigenvalue weighted by atomic mass is 127. The van der Waals surface area contributed by atoms with Crippen molar-refractivity contribution in [3.05, 3.63) is 29.6 Å². The van der Waals surface area contributed by atoms with Crippen LogP contribution in [0.3, 0.4) is 0 Å². The summed E-state index contributed by atoms with van der Waals surface area (Å²) in [6.45, 7) is 4.10. The first-order valence-electron chi connectivity index (χ1n) is 9.95. The SMILES string of the molecule is CCNC(=NCC(=O)N(C)CC(F)(F)F)NC1CCCN(c2ccc(F)cc2C)C1.I. The molecular weight excluding hydrogens is 529 g/mol. The van der Waals surface area contributed by atoms with Crippen LogP contribution in [0.1, 0.15) is 25.3 Å². The fraction of sp³-hybridized carbons (Fsp3) is 0.600. The zero-order valence-electron chi connectivity index (χ0n) is 17.9. The molecule has 1 aliphatic rings. The number of anilines is 1. The maximum atomic E-state index is 13.4. The van der Waals surface area contributed by atoms with Gasteiger partial charge in [0.1, 0.15) is 18.9 Å². The molecule has 0 radical (unpaired) electrons. The van der Waals surface area contributed by atoms with Crippen molar-refractivity contribution in [2.24, 2.45) is 4.99 Å². The first-order valence-corrected chi connectivity index (χ1v) is 9.95. The van der Waals surface area contributed by atoms with E-state index in [1.165, 1.54) is 12.1 Å². The van der Waals surface area contributed by atoms with Gasteiger partial charge in [0.05, 0.1) is 0 Å². The number of piperidine rings is 1. The van der Waals surface area contributed by atoms with E-state index in [-0.39, 0.29) is 42.4 Å². The number of halogens is 5. The first-order chi connectivity index (χ1) is 14.1. The molecule has 1 amide bonds. The van der Waals surface area contributed by atoms with Gasteiger partial charge in [-0.2, -0.15) is 13.2 Å². The minimum atomic E-state index is -4.44. The number of hydrogen-bond acceptors (Lipinski definition) is 3. The van der Waals surface area contributed by atoms with Crippen LogP contribution in [-0.4, -0.2) is 68.8 Å². The zero-order valence-corrected chi connectivity index (χ0v) is 20.3. The van der Waals surface area contributed by atoms with Crippen LogP contribution in [0.25, 0.3) is 0 Å². The van der Waals surface area contributed by atoms with Crippen molar-refractivity contribution in [2.45, 2.75) is 38.9 Å². The lowest BCUT2D eigenvalue weighted by Gasteiger charge is -2.36. The topological polar surface area (TPSA) is 60.0 Å². The fourth-order valence-corrected chi connectivity index (χ4v) is 3.43. The van der Waals surface area contributed by atoms with Gasteiger partial charge in [-0.15, -0.1) is 24.0 Å². The number of benzene rings is 1. The van der Waals surface area contributed by atoms with Gasteiger partial charge in [-0.05, 0) is 50.5 Å². The lowest BCUT2D eigenvalue weighted by Crippen LogP contribution is -2.51. The third-order valence-electron chi connectivity index (χ3n) is 4.82. The summed E-state index contributed by atoms with van der Waals surface area (Å²) in [6, 6.07) is 4.74. The molecule has 1 unspecified atom stereocenters. The highest BCUT2D eigenvalue weighted by Gasteiger charge is 2.31. The minimum absolute atomic E-state index is 0. The highest BCUT2D eigenvalue weighted by molar-refractivity contribution is 14.0. The summed E-state index contributed by atoms with van der Waals surface area (Å²) in [5.41, 5.74) is 1.82. The molecule has 0 aliphatic carbocycles. The Morgan fingerprint density at radius 3 is 2.68 bits per heavy atom. The molecule has 0 bridgehead atoms. The molecule has 1 fully saturated rings. The lowest BCUT2D eigenvalue weighted by atomic mass is 10.0. The Bertz CT molecular complexity index is 760. The molecule has 176 valence electrons. The average molecular weight is 559 g/mol.